The Morgan fingerprint density at radius 3 is 3.18 bits per heavy atom. The highest BCUT2D eigenvalue weighted by molar-refractivity contribution is 5.88. The largest absolute Gasteiger partial charge is 0.378 e. The summed E-state index contributed by atoms with van der Waals surface area (Å²) in [5.74, 6) is 1.09. The van der Waals surface area contributed by atoms with Crippen LogP contribution in [0.2, 0.25) is 0 Å². The molecule has 2 rings (SSSR count). The predicted octanol–water partition coefficient (Wildman–Crippen LogP) is 1.67. The van der Waals surface area contributed by atoms with E-state index in [2.05, 4.69) is 15.8 Å². The van der Waals surface area contributed by atoms with Crippen LogP contribution in [0.5, 0.6) is 0 Å². The molecule has 0 radical (unpaired) electrons. The van der Waals surface area contributed by atoms with Crippen LogP contribution >= 0.6 is 0 Å². The monoisotopic (exact) mass is 239 g/mol. The molecule has 0 saturated carbocycles. The molecule has 0 bridgehead atoms. The molecule has 2 amide bonds. The summed E-state index contributed by atoms with van der Waals surface area (Å²) >= 11 is 0. The van der Waals surface area contributed by atoms with Gasteiger partial charge in [-0.1, -0.05) is 5.16 Å². The zero-order chi connectivity index (χ0) is 12.1. The molecular formula is C11H17N3O3. The summed E-state index contributed by atoms with van der Waals surface area (Å²) < 4.78 is 10.3. The quantitative estimate of drug-likeness (QED) is 0.838. The van der Waals surface area contributed by atoms with Gasteiger partial charge in [-0.15, -0.1) is 0 Å². The Bertz CT molecular complexity index is 372. The Morgan fingerprint density at radius 1 is 1.65 bits per heavy atom. The smallest absolute Gasteiger partial charge is 0.320 e. The first kappa shape index (κ1) is 11.9. The average Bonchev–Trinajstić information content (AvgIpc) is 2.90. The summed E-state index contributed by atoms with van der Waals surface area (Å²) in [6.45, 7) is 3.22. The fourth-order valence-electron chi connectivity index (χ4n) is 1.80. The second-order valence-electron chi connectivity index (χ2n) is 4.13. The number of carbonyl (C=O) groups excluding carboxylic acids is 1. The molecule has 2 heterocycles. The van der Waals surface area contributed by atoms with Crippen LogP contribution in [0.3, 0.4) is 0 Å². The number of carbonyl (C=O) groups is 1. The van der Waals surface area contributed by atoms with E-state index in [9.17, 15) is 4.79 Å². The predicted molar refractivity (Wildman–Crippen MR) is 61.9 cm³/mol. The Kier molecular flexibility index (Phi) is 3.98. The molecule has 94 valence electrons. The fraction of sp³-hybridized carbons (Fsp3) is 0.636. The average molecular weight is 239 g/mol. The lowest BCUT2D eigenvalue weighted by Gasteiger charge is -2.09. The van der Waals surface area contributed by atoms with E-state index in [4.69, 9.17) is 9.26 Å². The van der Waals surface area contributed by atoms with Gasteiger partial charge >= 0.3 is 6.03 Å². The number of nitrogens with zero attached hydrogens (tertiary/aromatic N) is 1. The second kappa shape index (κ2) is 5.67. The van der Waals surface area contributed by atoms with Gasteiger partial charge in [0.15, 0.2) is 5.82 Å². The molecule has 1 atom stereocenters. The highest BCUT2D eigenvalue weighted by Gasteiger charge is 2.15. The number of urea groups is 1. The van der Waals surface area contributed by atoms with Crippen molar-refractivity contribution in [3.63, 3.8) is 0 Å². The number of nitrogens with one attached hydrogen (secondary N) is 2. The van der Waals surface area contributed by atoms with Crippen LogP contribution in [0.25, 0.3) is 0 Å². The van der Waals surface area contributed by atoms with E-state index in [1.165, 1.54) is 0 Å². The van der Waals surface area contributed by atoms with Gasteiger partial charge in [-0.25, -0.2) is 4.79 Å². The minimum absolute atomic E-state index is 0.267. The van der Waals surface area contributed by atoms with E-state index >= 15 is 0 Å². The Balaban J connectivity index is 1.63. The number of rotatable bonds is 4. The third-order valence-corrected chi connectivity index (χ3v) is 2.65. The van der Waals surface area contributed by atoms with E-state index in [1.807, 2.05) is 0 Å². The number of ether oxygens (including phenoxy) is 1. The van der Waals surface area contributed by atoms with Gasteiger partial charge in [0.1, 0.15) is 5.76 Å². The molecule has 6 heteroatoms. The van der Waals surface area contributed by atoms with Crippen molar-refractivity contribution < 1.29 is 14.1 Å². The van der Waals surface area contributed by atoms with Gasteiger partial charge in [0, 0.05) is 19.2 Å². The second-order valence-corrected chi connectivity index (χ2v) is 4.13. The highest BCUT2D eigenvalue weighted by atomic mass is 16.5. The number of aromatic nitrogens is 1. The molecular weight excluding hydrogens is 222 g/mol. The summed E-state index contributed by atoms with van der Waals surface area (Å²) in [5.41, 5.74) is 0. The first-order chi connectivity index (χ1) is 8.24. The van der Waals surface area contributed by atoms with Crippen LogP contribution in [-0.2, 0) is 4.74 Å². The molecule has 6 nitrogen and oxygen atoms in total. The number of hydrogen-bond acceptors (Lipinski definition) is 4. The Labute approximate surface area is 99.7 Å². The van der Waals surface area contributed by atoms with E-state index in [1.54, 1.807) is 13.0 Å². The summed E-state index contributed by atoms with van der Waals surface area (Å²) in [4.78, 5) is 11.5. The molecule has 2 N–H and O–H groups in total. The van der Waals surface area contributed by atoms with Gasteiger partial charge in [0.2, 0.25) is 0 Å². The molecule has 0 aromatic carbocycles. The van der Waals surface area contributed by atoms with Gasteiger partial charge in [0.05, 0.1) is 6.10 Å². The number of anilines is 1. The van der Waals surface area contributed by atoms with Crippen molar-refractivity contribution in [2.45, 2.75) is 32.3 Å². The number of hydrogen-bond donors (Lipinski definition) is 2. The first-order valence-electron chi connectivity index (χ1n) is 5.84. The van der Waals surface area contributed by atoms with Gasteiger partial charge in [-0.2, -0.15) is 0 Å². The van der Waals surface area contributed by atoms with Crippen molar-refractivity contribution in [3.8, 4) is 0 Å². The number of aryl methyl sites for hydroxylation is 1. The molecule has 0 spiro atoms. The van der Waals surface area contributed by atoms with E-state index in [0.29, 0.717) is 24.2 Å². The zero-order valence-corrected chi connectivity index (χ0v) is 9.86. The van der Waals surface area contributed by atoms with Crippen molar-refractivity contribution in [3.05, 3.63) is 11.8 Å². The van der Waals surface area contributed by atoms with Crippen molar-refractivity contribution >= 4 is 11.8 Å². The molecule has 1 aliphatic heterocycles. The highest BCUT2D eigenvalue weighted by Crippen LogP contribution is 2.14. The summed E-state index contributed by atoms with van der Waals surface area (Å²) in [6.07, 6.45) is 3.36. The van der Waals surface area contributed by atoms with Crippen molar-refractivity contribution in [2.75, 3.05) is 18.5 Å². The topological polar surface area (TPSA) is 76.4 Å². The molecule has 0 aliphatic carbocycles. The Morgan fingerprint density at radius 2 is 2.53 bits per heavy atom. The van der Waals surface area contributed by atoms with Crippen LogP contribution in [0.4, 0.5) is 10.6 Å². The minimum atomic E-state index is -0.267. The summed E-state index contributed by atoms with van der Waals surface area (Å²) in [5, 5.41) is 9.02. The molecule has 1 aliphatic rings. The zero-order valence-electron chi connectivity index (χ0n) is 9.86. The molecule has 1 fully saturated rings. The maximum absolute atomic E-state index is 11.5. The summed E-state index contributed by atoms with van der Waals surface area (Å²) in [6, 6.07) is 1.40. The lowest BCUT2D eigenvalue weighted by atomic mass is 10.2. The molecule has 1 aromatic rings. The molecule has 17 heavy (non-hydrogen) atoms. The van der Waals surface area contributed by atoms with Crippen LogP contribution in [-0.4, -0.2) is 30.4 Å². The van der Waals surface area contributed by atoms with Crippen molar-refractivity contribution in [1.29, 1.82) is 0 Å². The molecule has 0 unspecified atom stereocenters. The lowest BCUT2D eigenvalue weighted by molar-refractivity contribution is 0.105. The van der Waals surface area contributed by atoms with Gasteiger partial charge in [0.25, 0.3) is 0 Å². The minimum Gasteiger partial charge on any atom is -0.378 e. The fourth-order valence-corrected chi connectivity index (χ4v) is 1.80. The Hall–Kier alpha value is -1.56. The number of amides is 2. The SMILES string of the molecule is Cc1cc(NC(=O)NCC[C@H]2CCCO2)no1. The van der Waals surface area contributed by atoms with Crippen LogP contribution in [0, 0.1) is 6.92 Å². The lowest BCUT2D eigenvalue weighted by Crippen LogP contribution is -2.31. The molecule has 1 aromatic heterocycles. The van der Waals surface area contributed by atoms with Gasteiger partial charge in [-0.3, -0.25) is 5.32 Å². The maximum Gasteiger partial charge on any atom is 0.320 e. The van der Waals surface area contributed by atoms with E-state index in [-0.39, 0.29) is 6.03 Å². The normalized spacial score (nSPS) is 19.2. The van der Waals surface area contributed by atoms with Crippen LogP contribution < -0.4 is 10.6 Å². The van der Waals surface area contributed by atoms with Gasteiger partial charge < -0.3 is 14.6 Å². The van der Waals surface area contributed by atoms with Crippen LogP contribution in [0.15, 0.2) is 10.6 Å². The van der Waals surface area contributed by atoms with Crippen molar-refractivity contribution in [2.24, 2.45) is 0 Å². The molecule has 1 saturated heterocycles. The third kappa shape index (κ3) is 3.74. The maximum atomic E-state index is 11.5. The van der Waals surface area contributed by atoms with Crippen LogP contribution in [0.1, 0.15) is 25.0 Å². The van der Waals surface area contributed by atoms with E-state index in [0.717, 1.165) is 25.9 Å². The standard InChI is InChI=1S/C11H17N3O3/c1-8-7-10(14-17-8)13-11(15)12-5-4-9-3-2-6-16-9/h7,9H,2-6H2,1H3,(H2,12,13,14,15)/t9-/m1/s1. The first-order valence-corrected chi connectivity index (χ1v) is 5.84. The van der Waals surface area contributed by atoms with E-state index < -0.39 is 0 Å². The van der Waals surface area contributed by atoms with Gasteiger partial charge in [-0.05, 0) is 26.2 Å². The van der Waals surface area contributed by atoms with Crippen molar-refractivity contribution in [1.82, 2.24) is 10.5 Å². The summed E-state index contributed by atoms with van der Waals surface area (Å²) in [7, 11) is 0. The third-order valence-electron chi connectivity index (χ3n) is 2.65.